The largest absolute Gasteiger partial charge is 0.485 e. The van der Waals surface area contributed by atoms with Crippen molar-refractivity contribution in [1.82, 2.24) is 10.2 Å². The summed E-state index contributed by atoms with van der Waals surface area (Å²) in [5.41, 5.74) is 0. The van der Waals surface area contributed by atoms with Gasteiger partial charge in [-0.05, 0) is 47.9 Å². The van der Waals surface area contributed by atoms with Crippen molar-refractivity contribution in [3.63, 3.8) is 0 Å². The van der Waals surface area contributed by atoms with E-state index in [-0.39, 0.29) is 24.5 Å². The number of nitrogens with one attached hydrogen (secondary N) is 1. The van der Waals surface area contributed by atoms with E-state index in [1.165, 1.54) is 17.8 Å². The molecule has 2 aromatic heterocycles. The molecule has 6 nitrogen and oxygen atoms in total. The second kappa shape index (κ2) is 10.6. The summed E-state index contributed by atoms with van der Waals surface area (Å²) in [6.07, 6.45) is 4.61. The van der Waals surface area contributed by atoms with Crippen LogP contribution >= 0.6 is 22.7 Å². The fourth-order valence-electron chi connectivity index (χ4n) is 4.59. The van der Waals surface area contributed by atoms with Gasteiger partial charge in [0.2, 0.25) is 12.0 Å². The number of para-hydroxylation sites is 2. The summed E-state index contributed by atoms with van der Waals surface area (Å²) in [6, 6.07) is 14.6. The highest BCUT2D eigenvalue weighted by molar-refractivity contribution is 7.10. The lowest BCUT2D eigenvalue weighted by Gasteiger charge is -2.35. The van der Waals surface area contributed by atoms with Crippen molar-refractivity contribution >= 4 is 34.5 Å². The predicted octanol–water partition coefficient (Wildman–Crippen LogP) is 5.17. The van der Waals surface area contributed by atoms with Crippen LogP contribution in [0.15, 0.2) is 59.3 Å². The summed E-state index contributed by atoms with van der Waals surface area (Å²) < 4.78 is 11.9. The van der Waals surface area contributed by atoms with E-state index in [0.717, 1.165) is 35.4 Å². The van der Waals surface area contributed by atoms with E-state index < -0.39 is 12.1 Å². The van der Waals surface area contributed by atoms with Gasteiger partial charge in [-0.1, -0.05) is 43.5 Å². The molecule has 8 heteroatoms. The molecule has 0 unspecified atom stereocenters. The number of benzene rings is 1. The summed E-state index contributed by atoms with van der Waals surface area (Å²) in [4.78, 5) is 31.1. The number of carbonyl (C=O) groups is 2. The maximum absolute atomic E-state index is 13.9. The molecule has 1 saturated carbocycles. The first kappa shape index (κ1) is 22.9. The number of hydrogen-bond acceptors (Lipinski definition) is 6. The molecule has 3 heterocycles. The van der Waals surface area contributed by atoms with Gasteiger partial charge >= 0.3 is 0 Å². The van der Waals surface area contributed by atoms with Crippen LogP contribution in [0.3, 0.4) is 0 Å². The zero-order valence-electron chi connectivity index (χ0n) is 18.9. The number of fused-ring (bicyclic) bond motifs is 1. The molecule has 0 spiro atoms. The Labute approximate surface area is 207 Å². The third-order valence-corrected chi connectivity index (χ3v) is 8.08. The molecule has 1 N–H and O–H groups in total. The molecule has 2 aliphatic rings. The van der Waals surface area contributed by atoms with E-state index >= 15 is 0 Å². The quantitative estimate of drug-likeness (QED) is 0.490. The smallest absolute Gasteiger partial charge is 0.268 e. The molecule has 2 atom stereocenters. The van der Waals surface area contributed by atoms with E-state index in [2.05, 4.69) is 5.32 Å². The topological polar surface area (TPSA) is 67.9 Å². The van der Waals surface area contributed by atoms with Gasteiger partial charge in [0.1, 0.15) is 12.6 Å². The second-order valence-electron chi connectivity index (χ2n) is 8.67. The van der Waals surface area contributed by atoms with Crippen LogP contribution in [0.1, 0.15) is 47.9 Å². The fourth-order valence-corrected chi connectivity index (χ4v) is 6.13. The van der Waals surface area contributed by atoms with Crippen LogP contribution in [0, 0.1) is 0 Å². The average molecular weight is 497 g/mol. The Bertz CT molecular complexity index is 1090. The number of rotatable bonds is 7. The lowest BCUT2D eigenvalue weighted by Crippen LogP contribution is -2.51. The molecule has 1 aromatic carbocycles. The van der Waals surface area contributed by atoms with Crippen molar-refractivity contribution in [3.05, 3.63) is 69.0 Å². The van der Waals surface area contributed by atoms with Crippen LogP contribution in [0.4, 0.5) is 0 Å². The van der Waals surface area contributed by atoms with Crippen LogP contribution in [0.25, 0.3) is 0 Å². The number of amides is 2. The van der Waals surface area contributed by atoms with E-state index in [0.29, 0.717) is 18.0 Å². The standard InChI is InChI=1S/C26H28N2O4S2/c29-25(27-18-8-2-1-3-9-18)24(23-13-7-15-34-23)28(16-19-10-6-14-33-19)26(30)22-17-31-20-11-4-5-12-21(20)32-22/h4-7,10-15,18,22,24H,1-3,8-9,16-17H2,(H,27,29)/t22-,24-/m0/s1. The predicted molar refractivity (Wildman–Crippen MR) is 133 cm³/mol. The Kier molecular flexibility index (Phi) is 7.16. The van der Waals surface area contributed by atoms with E-state index in [9.17, 15) is 9.59 Å². The number of ether oxygens (including phenoxy) is 2. The Morgan fingerprint density at radius 2 is 1.74 bits per heavy atom. The summed E-state index contributed by atoms with van der Waals surface area (Å²) in [5, 5.41) is 7.17. The van der Waals surface area contributed by atoms with Crippen molar-refractivity contribution < 1.29 is 19.1 Å². The van der Waals surface area contributed by atoms with E-state index in [1.807, 2.05) is 53.2 Å². The number of carbonyl (C=O) groups excluding carboxylic acids is 2. The maximum atomic E-state index is 13.9. The van der Waals surface area contributed by atoms with Crippen molar-refractivity contribution in [2.24, 2.45) is 0 Å². The zero-order valence-corrected chi connectivity index (χ0v) is 20.5. The van der Waals surface area contributed by atoms with Gasteiger partial charge in [-0.25, -0.2) is 0 Å². The molecule has 0 saturated heterocycles. The first-order valence-electron chi connectivity index (χ1n) is 11.7. The third-order valence-electron chi connectivity index (χ3n) is 6.30. The second-order valence-corrected chi connectivity index (χ2v) is 10.7. The van der Waals surface area contributed by atoms with Gasteiger partial charge in [0, 0.05) is 15.8 Å². The monoisotopic (exact) mass is 496 g/mol. The molecule has 5 rings (SSSR count). The van der Waals surface area contributed by atoms with Gasteiger partial charge in [0.15, 0.2) is 11.5 Å². The van der Waals surface area contributed by atoms with Crippen LogP contribution in [-0.2, 0) is 16.1 Å². The summed E-state index contributed by atoms with van der Waals surface area (Å²) in [7, 11) is 0. The Balaban J connectivity index is 1.44. The zero-order chi connectivity index (χ0) is 23.3. The molecular formula is C26H28N2O4S2. The Hall–Kier alpha value is -2.84. The highest BCUT2D eigenvalue weighted by Crippen LogP contribution is 2.34. The molecule has 34 heavy (non-hydrogen) atoms. The molecule has 0 radical (unpaired) electrons. The van der Waals surface area contributed by atoms with Crippen LogP contribution < -0.4 is 14.8 Å². The van der Waals surface area contributed by atoms with Crippen LogP contribution in [-0.4, -0.2) is 35.5 Å². The van der Waals surface area contributed by atoms with Gasteiger partial charge in [0.05, 0.1) is 6.54 Å². The Morgan fingerprint density at radius 3 is 2.47 bits per heavy atom. The summed E-state index contributed by atoms with van der Waals surface area (Å²) in [5.74, 6) is 0.792. The molecule has 1 aliphatic carbocycles. The van der Waals surface area contributed by atoms with E-state index in [4.69, 9.17) is 9.47 Å². The summed E-state index contributed by atoms with van der Waals surface area (Å²) >= 11 is 3.06. The highest BCUT2D eigenvalue weighted by atomic mass is 32.1. The van der Waals surface area contributed by atoms with Gasteiger partial charge in [-0.2, -0.15) is 0 Å². The van der Waals surface area contributed by atoms with Gasteiger partial charge in [-0.3, -0.25) is 9.59 Å². The SMILES string of the molecule is O=C(NC1CCCCC1)[C@H](c1cccs1)N(Cc1cccs1)C(=O)[C@@H]1COc2ccccc2O1. The maximum Gasteiger partial charge on any atom is 0.268 e. The fraction of sp³-hybridized carbons (Fsp3) is 0.385. The molecule has 0 bridgehead atoms. The first-order chi connectivity index (χ1) is 16.7. The van der Waals surface area contributed by atoms with Crippen molar-refractivity contribution in [3.8, 4) is 11.5 Å². The van der Waals surface area contributed by atoms with Crippen molar-refractivity contribution in [1.29, 1.82) is 0 Å². The normalized spacial score (nSPS) is 18.8. The number of hydrogen-bond donors (Lipinski definition) is 1. The highest BCUT2D eigenvalue weighted by Gasteiger charge is 2.39. The molecule has 2 amide bonds. The van der Waals surface area contributed by atoms with Crippen molar-refractivity contribution in [2.45, 2.75) is 56.8 Å². The minimum atomic E-state index is -0.820. The van der Waals surface area contributed by atoms with Crippen LogP contribution in [0.5, 0.6) is 11.5 Å². The molecular weight excluding hydrogens is 468 g/mol. The molecule has 1 aliphatic heterocycles. The minimum absolute atomic E-state index is 0.109. The summed E-state index contributed by atoms with van der Waals surface area (Å²) in [6.45, 7) is 0.441. The van der Waals surface area contributed by atoms with Gasteiger partial charge in [-0.15, -0.1) is 22.7 Å². The van der Waals surface area contributed by atoms with E-state index in [1.54, 1.807) is 22.3 Å². The lowest BCUT2D eigenvalue weighted by molar-refractivity contribution is -0.149. The molecule has 178 valence electrons. The third kappa shape index (κ3) is 5.13. The van der Waals surface area contributed by atoms with Crippen LogP contribution in [0.2, 0.25) is 0 Å². The Morgan fingerprint density at radius 1 is 0.971 bits per heavy atom. The molecule has 3 aromatic rings. The average Bonchev–Trinajstić information content (AvgIpc) is 3.58. The van der Waals surface area contributed by atoms with Gasteiger partial charge in [0.25, 0.3) is 5.91 Å². The van der Waals surface area contributed by atoms with Crippen molar-refractivity contribution in [2.75, 3.05) is 6.61 Å². The van der Waals surface area contributed by atoms with Gasteiger partial charge < -0.3 is 19.7 Å². The number of nitrogens with zero attached hydrogens (tertiary/aromatic N) is 1. The number of thiophene rings is 2. The lowest BCUT2D eigenvalue weighted by atomic mass is 9.95. The minimum Gasteiger partial charge on any atom is -0.485 e. The molecule has 1 fully saturated rings. The first-order valence-corrected chi connectivity index (χ1v) is 13.5.